The Labute approximate surface area is 57.8 Å². The van der Waals surface area contributed by atoms with Crippen molar-refractivity contribution >= 4 is 0 Å². The monoisotopic (exact) mass is 127 g/mol. The van der Waals surface area contributed by atoms with Gasteiger partial charge in [0, 0.05) is 0 Å². The van der Waals surface area contributed by atoms with Crippen LogP contribution in [0.2, 0.25) is 0 Å². The summed E-state index contributed by atoms with van der Waals surface area (Å²) in [7, 11) is 0. The minimum atomic E-state index is 1.01. The van der Waals surface area contributed by atoms with Gasteiger partial charge in [-0.2, -0.15) is 0 Å². The summed E-state index contributed by atoms with van der Waals surface area (Å²) in [6.07, 6.45) is 5.61. The van der Waals surface area contributed by atoms with Gasteiger partial charge in [0.2, 0.25) is 0 Å². The third kappa shape index (κ3) is 2.35. The van der Waals surface area contributed by atoms with Crippen LogP contribution in [-0.2, 0) is 0 Å². The molecule has 1 atom stereocenters. The fraction of sp³-hybridized carbons (Fsp3) is 1.00. The Bertz CT molecular complexity index is 63.0. The second kappa shape index (κ2) is 3.89. The van der Waals surface area contributed by atoms with Crippen LogP contribution in [0.1, 0.15) is 32.6 Å². The molecule has 1 heteroatoms. The first kappa shape index (κ1) is 7.07. The molecule has 9 heavy (non-hydrogen) atoms. The van der Waals surface area contributed by atoms with E-state index in [2.05, 4.69) is 12.2 Å². The van der Waals surface area contributed by atoms with E-state index in [0.29, 0.717) is 0 Å². The van der Waals surface area contributed by atoms with Gasteiger partial charge in [-0.3, -0.25) is 0 Å². The lowest BCUT2D eigenvalue weighted by Gasteiger charge is -2.08. The standard InChI is InChI=1S/C8H17N/c1-2-8-4-3-6-9-7-5-8/h8-9H,2-7H2,1H3. The molecule has 1 unspecified atom stereocenters. The summed E-state index contributed by atoms with van der Waals surface area (Å²) >= 11 is 0. The molecule has 0 bridgehead atoms. The van der Waals surface area contributed by atoms with E-state index in [1.807, 2.05) is 0 Å². The van der Waals surface area contributed by atoms with Crippen molar-refractivity contribution in [3.63, 3.8) is 0 Å². The molecule has 0 aromatic carbocycles. The first-order chi connectivity index (χ1) is 4.43. The lowest BCUT2D eigenvalue weighted by Crippen LogP contribution is -2.13. The van der Waals surface area contributed by atoms with Gasteiger partial charge in [-0.15, -0.1) is 0 Å². The van der Waals surface area contributed by atoms with Crippen LogP contribution in [-0.4, -0.2) is 13.1 Å². The van der Waals surface area contributed by atoms with Crippen LogP contribution < -0.4 is 5.32 Å². The highest BCUT2D eigenvalue weighted by atomic mass is 14.8. The minimum Gasteiger partial charge on any atom is -0.317 e. The fourth-order valence-electron chi connectivity index (χ4n) is 1.50. The van der Waals surface area contributed by atoms with E-state index in [4.69, 9.17) is 0 Å². The van der Waals surface area contributed by atoms with Gasteiger partial charge in [-0.05, 0) is 38.3 Å². The second-order valence-electron chi connectivity index (χ2n) is 2.96. The normalized spacial score (nSPS) is 29.7. The lowest BCUT2D eigenvalue weighted by molar-refractivity contribution is 0.458. The summed E-state index contributed by atoms with van der Waals surface area (Å²) in [5, 5.41) is 3.41. The molecular weight excluding hydrogens is 110 g/mol. The molecule has 1 nitrogen and oxygen atoms in total. The van der Waals surface area contributed by atoms with E-state index >= 15 is 0 Å². The molecular formula is C8H17N. The predicted octanol–water partition coefficient (Wildman–Crippen LogP) is 1.79. The Balaban J connectivity index is 2.18. The van der Waals surface area contributed by atoms with Crippen LogP contribution in [0, 0.1) is 5.92 Å². The van der Waals surface area contributed by atoms with E-state index in [1.54, 1.807) is 0 Å². The van der Waals surface area contributed by atoms with Gasteiger partial charge in [0.1, 0.15) is 0 Å². The largest absolute Gasteiger partial charge is 0.317 e. The van der Waals surface area contributed by atoms with Crippen molar-refractivity contribution in [2.45, 2.75) is 32.6 Å². The lowest BCUT2D eigenvalue weighted by atomic mass is 9.98. The molecule has 0 amide bonds. The van der Waals surface area contributed by atoms with Crippen molar-refractivity contribution < 1.29 is 0 Å². The Morgan fingerprint density at radius 1 is 1.33 bits per heavy atom. The molecule has 0 saturated carbocycles. The number of hydrogen-bond acceptors (Lipinski definition) is 1. The van der Waals surface area contributed by atoms with Gasteiger partial charge < -0.3 is 5.32 Å². The number of nitrogens with one attached hydrogen (secondary N) is 1. The van der Waals surface area contributed by atoms with Gasteiger partial charge in [0.05, 0.1) is 0 Å². The zero-order valence-electron chi connectivity index (χ0n) is 6.32. The summed E-state index contributed by atoms with van der Waals surface area (Å²) in [5.74, 6) is 1.01. The third-order valence-corrected chi connectivity index (χ3v) is 2.27. The van der Waals surface area contributed by atoms with Gasteiger partial charge in [-0.25, -0.2) is 0 Å². The maximum atomic E-state index is 3.41. The molecule has 1 fully saturated rings. The molecule has 0 aliphatic carbocycles. The highest BCUT2D eigenvalue weighted by Gasteiger charge is 2.07. The average molecular weight is 127 g/mol. The molecule has 0 spiro atoms. The van der Waals surface area contributed by atoms with Crippen LogP contribution in [0.25, 0.3) is 0 Å². The Morgan fingerprint density at radius 2 is 2.22 bits per heavy atom. The second-order valence-corrected chi connectivity index (χ2v) is 2.96. The highest BCUT2D eigenvalue weighted by molar-refractivity contribution is 4.64. The maximum absolute atomic E-state index is 3.41. The zero-order chi connectivity index (χ0) is 6.53. The van der Waals surface area contributed by atoms with Gasteiger partial charge in [0.25, 0.3) is 0 Å². The summed E-state index contributed by atoms with van der Waals surface area (Å²) < 4.78 is 0. The smallest absolute Gasteiger partial charge is 0.00463 e. The molecule has 1 N–H and O–H groups in total. The first-order valence-electron chi connectivity index (χ1n) is 4.14. The topological polar surface area (TPSA) is 12.0 Å². The van der Waals surface area contributed by atoms with Crippen LogP contribution in [0.15, 0.2) is 0 Å². The number of rotatable bonds is 1. The van der Waals surface area contributed by atoms with Crippen LogP contribution in [0.4, 0.5) is 0 Å². The Hall–Kier alpha value is -0.0400. The van der Waals surface area contributed by atoms with E-state index in [1.165, 1.54) is 38.8 Å². The van der Waals surface area contributed by atoms with E-state index in [0.717, 1.165) is 5.92 Å². The van der Waals surface area contributed by atoms with Crippen molar-refractivity contribution in [2.24, 2.45) is 5.92 Å². The Morgan fingerprint density at radius 3 is 3.00 bits per heavy atom. The minimum absolute atomic E-state index is 1.01. The van der Waals surface area contributed by atoms with E-state index in [-0.39, 0.29) is 0 Å². The average Bonchev–Trinajstić information content (AvgIpc) is 2.13. The highest BCUT2D eigenvalue weighted by Crippen LogP contribution is 2.15. The molecule has 0 aromatic heterocycles. The molecule has 1 aliphatic rings. The summed E-state index contributed by atoms with van der Waals surface area (Å²) in [5.41, 5.74) is 0. The molecule has 54 valence electrons. The summed E-state index contributed by atoms with van der Waals surface area (Å²) in [6.45, 7) is 4.80. The summed E-state index contributed by atoms with van der Waals surface area (Å²) in [4.78, 5) is 0. The Kier molecular flexibility index (Phi) is 3.05. The molecule has 1 aliphatic heterocycles. The maximum Gasteiger partial charge on any atom is -0.00463 e. The van der Waals surface area contributed by atoms with Gasteiger partial charge in [-0.1, -0.05) is 13.3 Å². The fourth-order valence-corrected chi connectivity index (χ4v) is 1.50. The molecule has 1 rings (SSSR count). The summed E-state index contributed by atoms with van der Waals surface area (Å²) in [6, 6.07) is 0. The number of hydrogen-bond donors (Lipinski definition) is 1. The zero-order valence-corrected chi connectivity index (χ0v) is 6.32. The van der Waals surface area contributed by atoms with E-state index < -0.39 is 0 Å². The van der Waals surface area contributed by atoms with Crippen LogP contribution >= 0.6 is 0 Å². The quantitative estimate of drug-likeness (QED) is 0.566. The predicted molar refractivity (Wildman–Crippen MR) is 40.5 cm³/mol. The van der Waals surface area contributed by atoms with Crippen molar-refractivity contribution in [1.29, 1.82) is 0 Å². The third-order valence-electron chi connectivity index (χ3n) is 2.27. The SMILES string of the molecule is CCC1CCCNCC1. The van der Waals surface area contributed by atoms with E-state index in [9.17, 15) is 0 Å². The van der Waals surface area contributed by atoms with Gasteiger partial charge in [0.15, 0.2) is 0 Å². The first-order valence-corrected chi connectivity index (χ1v) is 4.14. The molecule has 1 heterocycles. The van der Waals surface area contributed by atoms with Crippen LogP contribution in [0.3, 0.4) is 0 Å². The molecule has 0 aromatic rings. The van der Waals surface area contributed by atoms with Gasteiger partial charge >= 0.3 is 0 Å². The van der Waals surface area contributed by atoms with Crippen molar-refractivity contribution in [1.82, 2.24) is 5.32 Å². The van der Waals surface area contributed by atoms with Crippen LogP contribution in [0.5, 0.6) is 0 Å². The molecule has 0 radical (unpaired) electrons. The van der Waals surface area contributed by atoms with Crippen molar-refractivity contribution in [3.05, 3.63) is 0 Å². The molecule has 1 saturated heterocycles. The van der Waals surface area contributed by atoms with Crippen molar-refractivity contribution in [3.8, 4) is 0 Å². The van der Waals surface area contributed by atoms with Crippen molar-refractivity contribution in [2.75, 3.05) is 13.1 Å².